The monoisotopic (exact) mass is 666 g/mol. The van der Waals surface area contributed by atoms with Crippen LogP contribution in [0, 0.1) is 11.6 Å². The Kier molecular flexibility index (Phi) is 9.51. The molecule has 0 aliphatic heterocycles. The summed E-state index contributed by atoms with van der Waals surface area (Å²) >= 11 is 0. The third-order valence-electron chi connectivity index (χ3n) is 7.17. The third-order valence-corrected chi connectivity index (χ3v) is 7.17. The number of rotatable bonds is 12. The summed E-state index contributed by atoms with van der Waals surface area (Å²) in [6.45, 7) is 0. The van der Waals surface area contributed by atoms with Gasteiger partial charge >= 0.3 is 0 Å². The van der Waals surface area contributed by atoms with Gasteiger partial charge in [0, 0.05) is 0 Å². The van der Waals surface area contributed by atoms with Crippen molar-refractivity contribution in [3.8, 4) is 69.0 Å². The van der Waals surface area contributed by atoms with Gasteiger partial charge in [0.25, 0.3) is 0 Å². The summed E-state index contributed by atoms with van der Waals surface area (Å²) < 4.78 is 62.0. The second-order valence-electron chi connectivity index (χ2n) is 10.9. The number of benzene rings is 7. The van der Waals surface area contributed by atoms with E-state index >= 15 is 0 Å². The van der Waals surface area contributed by atoms with Gasteiger partial charge in [0.05, 0.1) is 0 Å². The first-order valence-corrected chi connectivity index (χ1v) is 15.6. The van der Waals surface area contributed by atoms with Crippen LogP contribution in [0.1, 0.15) is 0 Å². The summed E-state index contributed by atoms with van der Waals surface area (Å²) in [4.78, 5) is 0. The van der Waals surface area contributed by atoms with Crippen LogP contribution in [0.15, 0.2) is 170 Å². The molecule has 0 atom stereocenters. The van der Waals surface area contributed by atoms with Crippen molar-refractivity contribution in [1.82, 2.24) is 0 Å². The van der Waals surface area contributed by atoms with Crippen LogP contribution in [-0.2, 0) is 0 Å². The molecule has 8 heteroatoms. The predicted molar refractivity (Wildman–Crippen MR) is 185 cm³/mol. The fraction of sp³-hybridized carbons (Fsp3) is 0. The van der Waals surface area contributed by atoms with Gasteiger partial charge in [0.2, 0.25) is 0 Å². The van der Waals surface area contributed by atoms with Crippen LogP contribution in [0.2, 0.25) is 0 Å². The number of halogens is 2. The first-order valence-electron chi connectivity index (χ1n) is 15.6. The summed E-state index contributed by atoms with van der Waals surface area (Å²) in [7, 11) is 0. The predicted octanol–water partition coefficient (Wildman–Crippen LogP) is 12.7. The molecule has 0 aliphatic carbocycles. The third kappa shape index (κ3) is 8.56. The molecule has 50 heavy (non-hydrogen) atoms. The molecule has 0 aromatic heterocycles. The Morgan fingerprint density at radius 2 is 0.400 bits per heavy atom. The Morgan fingerprint density at radius 3 is 0.620 bits per heavy atom. The zero-order valence-corrected chi connectivity index (χ0v) is 26.4. The average Bonchev–Trinajstić information content (AvgIpc) is 3.14. The van der Waals surface area contributed by atoms with E-state index < -0.39 is 0 Å². The molecule has 0 amide bonds. The molecule has 6 nitrogen and oxygen atoms in total. The number of hydrogen-bond donors (Lipinski definition) is 0. The van der Waals surface area contributed by atoms with E-state index in [1.165, 1.54) is 24.3 Å². The van der Waals surface area contributed by atoms with E-state index in [0.29, 0.717) is 69.0 Å². The van der Waals surface area contributed by atoms with E-state index in [1.54, 1.807) is 72.8 Å². The Bertz CT molecular complexity index is 1980. The summed E-state index contributed by atoms with van der Waals surface area (Å²) in [5.41, 5.74) is 0. The maximum atomic E-state index is 13.1. The lowest BCUT2D eigenvalue weighted by atomic mass is 10.3. The number of para-hydroxylation sites is 2. The van der Waals surface area contributed by atoms with Gasteiger partial charge in [-0.1, -0.05) is 12.1 Å². The highest BCUT2D eigenvalue weighted by atomic mass is 19.1. The number of hydrogen-bond acceptors (Lipinski definition) is 6. The lowest BCUT2D eigenvalue weighted by Crippen LogP contribution is -1.91. The van der Waals surface area contributed by atoms with Gasteiger partial charge in [-0.25, -0.2) is 8.78 Å². The van der Waals surface area contributed by atoms with Gasteiger partial charge in [0.15, 0.2) is 11.5 Å². The molecule has 0 saturated heterocycles. The van der Waals surface area contributed by atoms with Crippen molar-refractivity contribution < 1.29 is 37.2 Å². The molecule has 0 radical (unpaired) electrons. The number of ether oxygens (including phenoxy) is 6. The fourth-order valence-electron chi connectivity index (χ4n) is 4.73. The van der Waals surface area contributed by atoms with Gasteiger partial charge in [-0.3, -0.25) is 0 Å². The van der Waals surface area contributed by atoms with Gasteiger partial charge < -0.3 is 28.4 Å². The van der Waals surface area contributed by atoms with Crippen molar-refractivity contribution in [1.29, 1.82) is 0 Å². The molecule has 0 N–H and O–H groups in total. The van der Waals surface area contributed by atoms with Crippen LogP contribution < -0.4 is 28.4 Å². The van der Waals surface area contributed by atoms with E-state index in [1.807, 2.05) is 72.8 Å². The molecule has 7 aromatic carbocycles. The van der Waals surface area contributed by atoms with E-state index in [9.17, 15) is 8.78 Å². The maximum absolute atomic E-state index is 13.1. The Hall–Kier alpha value is -6.80. The molecule has 246 valence electrons. The molecule has 0 spiro atoms. The normalized spacial score (nSPS) is 10.6. The van der Waals surface area contributed by atoms with Crippen molar-refractivity contribution in [2.45, 2.75) is 0 Å². The summed E-state index contributed by atoms with van der Waals surface area (Å²) in [6, 6.07) is 47.9. The van der Waals surface area contributed by atoms with Crippen molar-refractivity contribution in [2.75, 3.05) is 0 Å². The molecule has 0 bridgehead atoms. The highest BCUT2D eigenvalue weighted by molar-refractivity contribution is 5.47. The second-order valence-corrected chi connectivity index (χ2v) is 10.9. The second kappa shape index (κ2) is 15.0. The summed E-state index contributed by atoms with van der Waals surface area (Å²) in [6.07, 6.45) is 0. The van der Waals surface area contributed by atoms with Crippen molar-refractivity contribution in [3.63, 3.8) is 0 Å². The molecular formula is C42H28F2O6. The molecular weight excluding hydrogens is 638 g/mol. The van der Waals surface area contributed by atoms with Crippen LogP contribution >= 0.6 is 0 Å². The van der Waals surface area contributed by atoms with Gasteiger partial charge in [0.1, 0.15) is 69.1 Å². The van der Waals surface area contributed by atoms with Crippen molar-refractivity contribution in [3.05, 3.63) is 181 Å². The zero-order chi connectivity index (χ0) is 34.1. The molecule has 0 aliphatic rings. The van der Waals surface area contributed by atoms with Crippen LogP contribution in [-0.4, -0.2) is 0 Å². The quantitative estimate of drug-likeness (QED) is 0.129. The van der Waals surface area contributed by atoms with E-state index in [4.69, 9.17) is 28.4 Å². The maximum Gasteiger partial charge on any atom is 0.169 e. The highest BCUT2D eigenvalue weighted by Gasteiger charge is 2.09. The molecule has 0 unspecified atom stereocenters. The van der Waals surface area contributed by atoms with Gasteiger partial charge in [-0.15, -0.1) is 0 Å². The SMILES string of the molecule is Fc1ccc(Oc2ccc(Oc3ccc(Oc4ccccc4Oc4ccc(Oc5ccc(Oc6ccc(F)cc6)cc5)cc4)cc3)cc2)cc1. The van der Waals surface area contributed by atoms with Crippen LogP contribution in [0.5, 0.6) is 69.0 Å². The van der Waals surface area contributed by atoms with Crippen molar-refractivity contribution in [2.24, 2.45) is 0 Å². The lowest BCUT2D eigenvalue weighted by Gasteiger charge is -2.13. The standard InChI is InChI=1S/C42H28F2O6/c43-29-5-9-31(10-6-29)45-33-13-17-35(18-14-33)47-37-21-25-39(26-22-37)49-41-3-1-2-4-42(41)50-40-27-23-38(24-28-40)48-36-19-15-34(16-20-36)46-32-11-7-30(44)8-12-32/h1-28H. The first kappa shape index (κ1) is 31.8. The first-order chi connectivity index (χ1) is 24.5. The summed E-state index contributed by atoms with van der Waals surface area (Å²) in [5.74, 6) is 6.49. The van der Waals surface area contributed by atoms with Crippen LogP contribution in [0.3, 0.4) is 0 Å². The molecule has 0 heterocycles. The topological polar surface area (TPSA) is 55.4 Å². The zero-order valence-electron chi connectivity index (χ0n) is 26.4. The Balaban J connectivity index is 0.922. The van der Waals surface area contributed by atoms with Gasteiger partial charge in [-0.05, 0) is 158 Å². The smallest absolute Gasteiger partial charge is 0.169 e. The minimum Gasteiger partial charge on any atom is -0.457 e. The van der Waals surface area contributed by atoms with E-state index in [-0.39, 0.29) is 11.6 Å². The minimum absolute atomic E-state index is 0.318. The van der Waals surface area contributed by atoms with E-state index in [2.05, 4.69) is 0 Å². The van der Waals surface area contributed by atoms with Crippen LogP contribution in [0.25, 0.3) is 0 Å². The van der Waals surface area contributed by atoms with Crippen molar-refractivity contribution >= 4 is 0 Å². The largest absolute Gasteiger partial charge is 0.457 e. The highest BCUT2D eigenvalue weighted by Crippen LogP contribution is 2.37. The Morgan fingerprint density at radius 1 is 0.220 bits per heavy atom. The lowest BCUT2D eigenvalue weighted by molar-refractivity contribution is 0.416. The molecule has 7 rings (SSSR count). The molecule has 0 fully saturated rings. The fourth-order valence-corrected chi connectivity index (χ4v) is 4.73. The van der Waals surface area contributed by atoms with E-state index in [0.717, 1.165) is 0 Å². The summed E-state index contributed by atoms with van der Waals surface area (Å²) in [5, 5.41) is 0. The molecule has 7 aromatic rings. The Labute approximate surface area is 287 Å². The van der Waals surface area contributed by atoms with Crippen LogP contribution in [0.4, 0.5) is 8.78 Å². The molecule has 0 saturated carbocycles. The average molecular weight is 667 g/mol. The van der Waals surface area contributed by atoms with Gasteiger partial charge in [-0.2, -0.15) is 0 Å². The minimum atomic E-state index is -0.318.